The molecule has 1 aromatic carbocycles. The third-order valence-corrected chi connectivity index (χ3v) is 2.75. The van der Waals surface area contributed by atoms with E-state index in [1.807, 2.05) is 6.07 Å². The molecule has 16 heavy (non-hydrogen) atoms. The quantitative estimate of drug-likeness (QED) is 0.577. The topological polar surface area (TPSA) is 38.4 Å². The van der Waals surface area contributed by atoms with E-state index in [1.165, 1.54) is 5.56 Å². The van der Waals surface area contributed by atoms with Crippen LogP contribution in [0.25, 0.3) is 0 Å². The van der Waals surface area contributed by atoms with E-state index in [1.54, 1.807) is 0 Å². The number of rotatable bonds is 6. The maximum absolute atomic E-state index is 5.76. The van der Waals surface area contributed by atoms with Crippen molar-refractivity contribution < 1.29 is 0 Å². The monoisotopic (exact) mass is 218 g/mol. The van der Waals surface area contributed by atoms with E-state index in [0.717, 1.165) is 31.6 Å². The smallest absolute Gasteiger partial charge is 0.0936 e. The summed E-state index contributed by atoms with van der Waals surface area (Å²) >= 11 is 0. The Hall–Kier alpha value is -1.31. The summed E-state index contributed by atoms with van der Waals surface area (Å²) in [6, 6.07) is 10.6. The van der Waals surface area contributed by atoms with Crippen molar-refractivity contribution in [2.24, 2.45) is 10.7 Å². The summed E-state index contributed by atoms with van der Waals surface area (Å²) in [5, 5.41) is 0. The van der Waals surface area contributed by atoms with E-state index in [0.29, 0.717) is 5.92 Å². The molecule has 1 unspecified atom stereocenters. The van der Waals surface area contributed by atoms with Crippen molar-refractivity contribution in [1.82, 2.24) is 0 Å². The maximum Gasteiger partial charge on any atom is 0.0936 e. The van der Waals surface area contributed by atoms with Gasteiger partial charge < -0.3 is 5.73 Å². The predicted molar refractivity (Wildman–Crippen MR) is 70.9 cm³/mol. The highest BCUT2D eigenvalue weighted by Gasteiger charge is 2.03. The summed E-state index contributed by atoms with van der Waals surface area (Å²) in [6.07, 6.45) is 3.05. The molecule has 1 atom stereocenters. The van der Waals surface area contributed by atoms with E-state index in [4.69, 9.17) is 5.73 Å². The lowest BCUT2D eigenvalue weighted by molar-refractivity contribution is 0.689. The molecule has 0 fully saturated rings. The normalized spacial score (nSPS) is 13.8. The summed E-state index contributed by atoms with van der Waals surface area (Å²) in [5.74, 6) is 1.35. The Kier molecular flexibility index (Phi) is 5.62. The van der Waals surface area contributed by atoms with Crippen LogP contribution in [0.5, 0.6) is 0 Å². The molecule has 2 N–H and O–H groups in total. The standard InChI is InChI=1S/C14H22N2/c1-3-7-14(15)16-11-10-12(2)13-8-5-4-6-9-13/h4-6,8-9,12H,3,7,10-11H2,1-2H3,(H2,15,16). The lowest BCUT2D eigenvalue weighted by Gasteiger charge is -2.10. The molecule has 0 radical (unpaired) electrons. The third kappa shape index (κ3) is 4.47. The van der Waals surface area contributed by atoms with Crippen LogP contribution in [0, 0.1) is 0 Å². The minimum absolute atomic E-state index is 0.555. The van der Waals surface area contributed by atoms with Crippen molar-refractivity contribution in [2.45, 2.75) is 39.0 Å². The zero-order chi connectivity index (χ0) is 11.8. The number of hydrogen-bond acceptors (Lipinski definition) is 1. The second-order valence-electron chi connectivity index (χ2n) is 4.22. The molecule has 0 spiro atoms. The average Bonchev–Trinajstić information content (AvgIpc) is 2.30. The Morgan fingerprint density at radius 2 is 2.00 bits per heavy atom. The van der Waals surface area contributed by atoms with Crippen LogP contribution < -0.4 is 5.73 Å². The van der Waals surface area contributed by atoms with Crippen molar-refractivity contribution in [3.63, 3.8) is 0 Å². The van der Waals surface area contributed by atoms with Crippen molar-refractivity contribution in [3.8, 4) is 0 Å². The minimum Gasteiger partial charge on any atom is -0.387 e. The third-order valence-electron chi connectivity index (χ3n) is 2.75. The molecule has 2 nitrogen and oxygen atoms in total. The first-order chi connectivity index (χ1) is 7.74. The Bertz CT molecular complexity index is 317. The lowest BCUT2D eigenvalue weighted by Crippen LogP contribution is -2.12. The number of amidine groups is 1. The molecule has 0 aliphatic carbocycles. The molecular formula is C14H22N2. The van der Waals surface area contributed by atoms with Crippen LogP contribution in [0.3, 0.4) is 0 Å². The fourth-order valence-electron chi connectivity index (χ4n) is 1.69. The molecule has 88 valence electrons. The highest BCUT2D eigenvalue weighted by molar-refractivity contribution is 5.80. The van der Waals surface area contributed by atoms with E-state index >= 15 is 0 Å². The Morgan fingerprint density at radius 1 is 1.31 bits per heavy atom. The maximum atomic E-state index is 5.76. The SMILES string of the molecule is CCCC(N)=NCCC(C)c1ccccc1. The number of nitrogens with two attached hydrogens (primary N) is 1. The second-order valence-corrected chi connectivity index (χ2v) is 4.22. The Morgan fingerprint density at radius 3 is 2.62 bits per heavy atom. The molecular weight excluding hydrogens is 196 g/mol. The lowest BCUT2D eigenvalue weighted by atomic mass is 9.98. The average molecular weight is 218 g/mol. The van der Waals surface area contributed by atoms with Gasteiger partial charge in [-0.05, 0) is 24.3 Å². The van der Waals surface area contributed by atoms with Gasteiger partial charge in [-0.15, -0.1) is 0 Å². The van der Waals surface area contributed by atoms with Gasteiger partial charge in [-0.2, -0.15) is 0 Å². The van der Waals surface area contributed by atoms with Crippen molar-refractivity contribution in [2.75, 3.05) is 6.54 Å². The van der Waals surface area contributed by atoms with E-state index in [9.17, 15) is 0 Å². The zero-order valence-electron chi connectivity index (χ0n) is 10.3. The molecule has 0 aliphatic rings. The van der Waals surface area contributed by atoms with Crippen LogP contribution in [-0.4, -0.2) is 12.4 Å². The number of benzene rings is 1. The van der Waals surface area contributed by atoms with E-state index in [2.05, 4.69) is 43.1 Å². The van der Waals surface area contributed by atoms with Gasteiger partial charge >= 0.3 is 0 Å². The van der Waals surface area contributed by atoms with Gasteiger partial charge in [0.05, 0.1) is 5.84 Å². The van der Waals surface area contributed by atoms with E-state index < -0.39 is 0 Å². The number of hydrogen-bond donors (Lipinski definition) is 1. The van der Waals surface area contributed by atoms with Gasteiger partial charge in [-0.3, -0.25) is 4.99 Å². The fourth-order valence-corrected chi connectivity index (χ4v) is 1.69. The molecule has 1 rings (SSSR count). The van der Waals surface area contributed by atoms with Gasteiger partial charge in [0.1, 0.15) is 0 Å². The molecule has 0 amide bonds. The first-order valence-corrected chi connectivity index (χ1v) is 6.07. The van der Waals surface area contributed by atoms with Gasteiger partial charge in [0, 0.05) is 13.0 Å². The fraction of sp³-hybridized carbons (Fsp3) is 0.500. The van der Waals surface area contributed by atoms with Gasteiger partial charge in [-0.25, -0.2) is 0 Å². The molecule has 0 saturated carbocycles. The minimum atomic E-state index is 0.555. The zero-order valence-corrected chi connectivity index (χ0v) is 10.3. The summed E-state index contributed by atoms with van der Waals surface area (Å²) in [6.45, 7) is 5.19. The molecule has 0 heterocycles. The predicted octanol–water partition coefficient (Wildman–Crippen LogP) is 3.34. The molecule has 0 aliphatic heterocycles. The molecule has 2 heteroatoms. The van der Waals surface area contributed by atoms with Crippen LogP contribution in [0.4, 0.5) is 0 Å². The summed E-state index contributed by atoms with van der Waals surface area (Å²) in [4.78, 5) is 4.37. The number of aliphatic imine (C=N–C) groups is 1. The first kappa shape index (κ1) is 12.8. The van der Waals surface area contributed by atoms with Crippen LogP contribution in [0.2, 0.25) is 0 Å². The van der Waals surface area contributed by atoms with Crippen molar-refractivity contribution >= 4 is 5.84 Å². The summed E-state index contributed by atoms with van der Waals surface area (Å²) < 4.78 is 0. The largest absolute Gasteiger partial charge is 0.387 e. The van der Waals surface area contributed by atoms with Crippen molar-refractivity contribution in [1.29, 1.82) is 0 Å². The molecule has 1 aromatic rings. The van der Waals surface area contributed by atoms with Gasteiger partial charge in [-0.1, -0.05) is 44.2 Å². The van der Waals surface area contributed by atoms with Crippen molar-refractivity contribution in [3.05, 3.63) is 35.9 Å². The number of nitrogens with zero attached hydrogens (tertiary/aromatic N) is 1. The molecule has 0 bridgehead atoms. The Balaban J connectivity index is 2.36. The van der Waals surface area contributed by atoms with Gasteiger partial charge in [0.15, 0.2) is 0 Å². The van der Waals surface area contributed by atoms with Crippen LogP contribution in [0.15, 0.2) is 35.3 Å². The van der Waals surface area contributed by atoms with Gasteiger partial charge in [0.25, 0.3) is 0 Å². The first-order valence-electron chi connectivity index (χ1n) is 6.07. The van der Waals surface area contributed by atoms with Gasteiger partial charge in [0.2, 0.25) is 0 Å². The highest BCUT2D eigenvalue weighted by atomic mass is 14.8. The molecule has 0 aromatic heterocycles. The second kappa shape index (κ2) is 7.04. The molecule has 0 saturated heterocycles. The summed E-state index contributed by atoms with van der Waals surface area (Å²) in [7, 11) is 0. The summed E-state index contributed by atoms with van der Waals surface area (Å²) in [5.41, 5.74) is 7.14. The van der Waals surface area contributed by atoms with E-state index in [-0.39, 0.29) is 0 Å². The van der Waals surface area contributed by atoms with Crippen LogP contribution in [-0.2, 0) is 0 Å². The Labute approximate surface area is 98.6 Å². The van der Waals surface area contributed by atoms with Crippen LogP contribution >= 0.6 is 0 Å². The van der Waals surface area contributed by atoms with Crippen LogP contribution in [0.1, 0.15) is 44.6 Å². The highest BCUT2D eigenvalue weighted by Crippen LogP contribution is 2.18.